The fourth-order valence-electron chi connectivity index (χ4n) is 3.23. The van der Waals surface area contributed by atoms with E-state index in [1.54, 1.807) is 29.4 Å². The summed E-state index contributed by atoms with van der Waals surface area (Å²) in [6.07, 6.45) is 12.8. The number of nitrogens with zero attached hydrogens (tertiary/aromatic N) is 3. The Kier molecular flexibility index (Phi) is 8.89. The zero-order valence-corrected chi connectivity index (χ0v) is 15.6. The summed E-state index contributed by atoms with van der Waals surface area (Å²) in [4.78, 5) is 20.7. The Labute approximate surface area is 160 Å². The first kappa shape index (κ1) is 21.4. The second-order valence-electron chi connectivity index (χ2n) is 6.09. The molecule has 1 amide bonds. The minimum absolute atomic E-state index is 0. The van der Waals surface area contributed by atoms with Gasteiger partial charge in [0.05, 0.1) is 5.56 Å². The highest BCUT2D eigenvalue weighted by atomic mass is 35.5. The quantitative estimate of drug-likeness (QED) is 0.828. The van der Waals surface area contributed by atoms with Crippen molar-refractivity contribution in [3.05, 3.63) is 42.6 Å². The Morgan fingerprint density at radius 3 is 2.60 bits per heavy atom. The third-order valence-electron chi connectivity index (χ3n) is 4.57. The molecule has 0 saturated heterocycles. The van der Waals surface area contributed by atoms with Crippen LogP contribution >= 0.6 is 24.8 Å². The molecule has 8 heteroatoms. The molecule has 1 fully saturated rings. The number of carbonyl (C=O) groups is 1. The number of hydrogen-bond acceptors (Lipinski definition) is 4. The van der Waals surface area contributed by atoms with Crippen LogP contribution in [0.5, 0.6) is 0 Å². The monoisotopic (exact) mass is 385 g/mol. The van der Waals surface area contributed by atoms with Gasteiger partial charge < -0.3 is 11.1 Å². The maximum absolute atomic E-state index is 12.4. The summed E-state index contributed by atoms with van der Waals surface area (Å²) in [5, 5.41) is 3.08. The fourth-order valence-corrected chi connectivity index (χ4v) is 3.23. The number of hydrogen-bond donors (Lipinski definition) is 2. The van der Waals surface area contributed by atoms with E-state index in [2.05, 4.69) is 15.3 Å². The number of carbonyl (C=O) groups excluding carboxylic acids is 1. The van der Waals surface area contributed by atoms with Crippen LogP contribution in [0.1, 0.15) is 42.5 Å². The fraction of sp³-hybridized carbons (Fsp3) is 0.471. The molecule has 0 spiro atoms. The molecule has 1 aliphatic carbocycles. The lowest BCUT2D eigenvalue weighted by Crippen LogP contribution is -2.45. The maximum atomic E-state index is 12.4. The van der Waals surface area contributed by atoms with Gasteiger partial charge in [-0.1, -0.05) is 19.3 Å². The van der Waals surface area contributed by atoms with Crippen molar-refractivity contribution in [2.45, 2.75) is 38.1 Å². The van der Waals surface area contributed by atoms with Crippen LogP contribution < -0.4 is 11.1 Å². The Balaban J connectivity index is 0.00000156. The summed E-state index contributed by atoms with van der Waals surface area (Å²) >= 11 is 0. The molecule has 2 heterocycles. The molecule has 1 aliphatic rings. The van der Waals surface area contributed by atoms with Crippen molar-refractivity contribution >= 4 is 30.7 Å². The number of amides is 1. The van der Waals surface area contributed by atoms with E-state index in [-0.39, 0.29) is 36.8 Å². The lowest BCUT2D eigenvalue weighted by molar-refractivity contribution is 0.0915. The number of imidazole rings is 1. The van der Waals surface area contributed by atoms with E-state index in [0.29, 0.717) is 18.0 Å². The highest BCUT2D eigenvalue weighted by Gasteiger charge is 2.24. The third kappa shape index (κ3) is 5.42. The topological polar surface area (TPSA) is 85.8 Å². The second-order valence-corrected chi connectivity index (χ2v) is 6.09. The average Bonchev–Trinajstić information content (AvgIpc) is 3.15. The molecule has 1 saturated carbocycles. The van der Waals surface area contributed by atoms with E-state index >= 15 is 0 Å². The summed E-state index contributed by atoms with van der Waals surface area (Å²) in [5.74, 6) is 1.13. The van der Waals surface area contributed by atoms with E-state index in [9.17, 15) is 4.79 Å². The Morgan fingerprint density at radius 1 is 1.28 bits per heavy atom. The normalized spacial score (nSPS) is 15.6. The van der Waals surface area contributed by atoms with Crippen LogP contribution in [-0.4, -0.2) is 33.0 Å². The molecule has 0 aromatic carbocycles. The number of aromatic nitrogens is 3. The summed E-state index contributed by atoms with van der Waals surface area (Å²) < 4.78 is 1.80. The van der Waals surface area contributed by atoms with Crippen molar-refractivity contribution < 1.29 is 4.79 Å². The number of pyridine rings is 1. The van der Waals surface area contributed by atoms with Crippen molar-refractivity contribution in [2.75, 3.05) is 6.54 Å². The van der Waals surface area contributed by atoms with Gasteiger partial charge in [0.2, 0.25) is 0 Å². The van der Waals surface area contributed by atoms with E-state index in [0.717, 1.165) is 18.7 Å². The SMILES string of the molecule is Cl.Cl.NCC(NC(=O)c1ccc(-n2ccnc2)nc1)C1CCCCC1. The summed E-state index contributed by atoms with van der Waals surface area (Å²) in [6, 6.07) is 3.65. The van der Waals surface area contributed by atoms with Gasteiger partial charge in [-0.3, -0.25) is 9.36 Å². The van der Waals surface area contributed by atoms with E-state index < -0.39 is 0 Å². The molecule has 3 N–H and O–H groups in total. The molecule has 0 aliphatic heterocycles. The van der Waals surface area contributed by atoms with E-state index in [1.807, 2.05) is 12.3 Å². The van der Waals surface area contributed by atoms with Crippen molar-refractivity contribution in [3.63, 3.8) is 0 Å². The van der Waals surface area contributed by atoms with Gasteiger partial charge in [0.15, 0.2) is 0 Å². The molecular weight excluding hydrogens is 361 g/mol. The third-order valence-corrected chi connectivity index (χ3v) is 4.57. The first-order chi connectivity index (χ1) is 11.3. The minimum Gasteiger partial charge on any atom is -0.348 e. The number of rotatable bonds is 5. The molecule has 0 bridgehead atoms. The van der Waals surface area contributed by atoms with Gasteiger partial charge >= 0.3 is 0 Å². The van der Waals surface area contributed by atoms with Crippen LogP contribution in [0.15, 0.2) is 37.1 Å². The predicted molar refractivity (Wildman–Crippen MR) is 103 cm³/mol. The molecular formula is C17H25Cl2N5O. The van der Waals surface area contributed by atoms with Gasteiger partial charge in [0.1, 0.15) is 12.1 Å². The summed E-state index contributed by atoms with van der Waals surface area (Å²) in [6.45, 7) is 0.483. The molecule has 2 aromatic rings. The lowest BCUT2D eigenvalue weighted by atomic mass is 9.84. The molecule has 2 aromatic heterocycles. The van der Waals surface area contributed by atoms with Crippen LogP contribution in [0.25, 0.3) is 5.82 Å². The molecule has 138 valence electrons. The summed E-state index contributed by atoms with van der Waals surface area (Å²) in [7, 11) is 0. The predicted octanol–water partition coefficient (Wildman–Crippen LogP) is 2.75. The molecule has 0 radical (unpaired) electrons. The van der Waals surface area contributed by atoms with Crippen LogP contribution in [-0.2, 0) is 0 Å². The van der Waals surface area contributed by atoms with E-state index in [4.69, 9.17) is 5.73 Å². The van der Waals surface area contributed by atoms with Gasteiger partial charge in [0, 0.05) is 31.2 Å². The van der Waals surface area contributed by atoms with E-state index in [1.165, 1.54) is 19.3 Å². The Bertz CT molecular complexity index is 627. The molecule has 3 rings (SSSR count). The van der Waals surface area contributed by atoms with Crippen LogP contribution in [0.3, 0.4) is 0 Å². The molecule has 1 atom stereocenters. The number of nitrogens with one attached hydrogen (secondary N) is 1. The summed E-state index contributed by atoms with van der Waals surface area (Å²) in [5.41, 5.74) is 6.44. The lowest BCUT2D eigenvalue weighted by Gasteiger charge is -2.30. The van der Waals surface area contributed by atoms with Gasteiger partial charge in [-0.2, -0.15) is 0 Å². The van der Waals surface area contributed by atoms with Crippen molar-refractivity contribution in [1.29, 1.82) is 0 Å². The largest absolute Gasteiger partial charge is 0.348 e. The van der Waals surface area contributed by atoms with Crippen molar-refractivity contribution in [1.82, 2.24) is 19.9 Å². The second kappa shape index (κ2) is 10.4. The first-order valence-corrected chi connectivity index (χ1v) is 8.23. The molecule has 1 unspecified atom stereocenters. The Morgan fingerprint density at radius 2 is 2.04 bits per heavy atom. The molecule has 6 nitrogen and oxygen atoms in total. The maximum Gasteiger partial charge on any atom is 0.253 e. The highest BCUT2D eigenvalue weighted by Crippen LogP contribution is 2.26. The van der Waals surface area contributed by atoms with Gasteiger partial charge in [0.25, 0.3) is 5.91 Å². The van der Waals surface area contributed by atoms with Crippen molar-refractivity contribution in [3.8, 4) is 5.82 Å². The van der Waals surface area contributed by atoms with Crippen LogP contribution in [0.2, 0.25) is 0 Å². The molecule has 25 heavy (non-hydrogen) atoms. The average molecular weight is 386 g/mol. The Hall–Kier alpha value is -1.63. The zero-order valence-electron chi connectivity index (χ0n) is 14.0. The highest BCUT2D eigenvalue weighted by molar-refractivity contribution is 5.94. The van der Waals surface area contributed by atoms with Gasteiger partial charge in [-0.25, -0.2) is 9.97 Å². The van der Waals surface area contributed by atoms with Crippen LogP contribution in [0, 0.1) is 5.92 Å². The standard InChI is InChI=1S/C17H23N5O.2ClH/c18-10-15(13-4-2-1-3-5-13)21-17(23)14-6-7-16(20-11-14)22-9-8-19-12-22;;/h6-9,11-13,15H,1-5,10,18H2,(H,21,23);2*1H. The van der Waals surface area contributed by atoms with Crippen LogP contribution in [0.4, 0.5) is 0 Å². The zero-order chi connectivity index (χ0) is 16.1. The first-order valence-electron chi connectivity index (χ1n) is 8.23. The smallest absolute Gasteiger partial charge is 0.253 e. The number of halogens is 2. The van der Waals surface area contributed by atoms with Gasteiger partial charge in [-0.15, -0.1) is 24.8 Å². The van der Waals surface area contributed by atoms with Gasteiger partial charge in [-0.05, 0) is 30.9 Å². The van der Waals surface area contributed by atoms with Crippen molar-refractivity contribution in [2.24, 2.45) is 11.7 Å². The minimum atomic E-state index is -0.101. The number of nitrogens with two attached hydrogens (primary N) is 1.